The number of aliphatic carboxylic acids is 1. The van der Waals surface area contributed by atoms with E-state index >= 15 is 0 Å². The zero-order valence-electron chi connectivity index (χ0n) is 12.2. The summed E-state index contributed by atoms with van der Waals surface area (Å²) >= 11 is 6.02. The molecule has 0 aliphatic carbocycles. The molecule has 0 aliphatic heterocycles. The maximum Gasteiger partial charge on any atom is 0.329 e. The highest BCUT2D eigenvalue weighted by molar-refractivity contribution is 6.33. The lowest BCUT2D eigenvalue weighted by atomic mass is 9.97. The van der Waals surface area contributed by atoms with E-state index in [0.717, 1.165) is 11.1 Å². The smallest absolute Gasteiger partial charge is 0.329 e. The van der Waals surface area contributed by atoms with Crippen LogP contribution in [0.15, 0.2) is 48.5 Å². The number of ether oxygens (including phenoxy) is 1. The fourth-order valence-electron chi connectivity index (χ4n) is 1.98. The van der Waals surface area contributed by atoms with Gasteiger partial charge >= 0.3 is 11.9 Å². The van der Waals surface area contributed by atoms with Crippen molar-refractivity contribution in [3.63, 3.8) is 0 Å². The third-order valence-corrected chi connectivity index (χ3v) is 3.66. The summed E-state index contributed by atoms with van der Waals surface area (Å²) in [7, 11) is 0. The van der Waals surface area contributed by atoms with Crippen LogP contribution < -0.4 is 4.74 Å². The van der Waals surface area contributed by atoms with E-state index in [1.54, 1.807) is 36.4 Å². The Balaban J connectivity index is 2.24. The molecule has 114 valence electrons. The minimum Gasteiger partial charge on any atom is -0.480 e. The molecule has 2 rings (SSSR count). The van der Waals surface area contributed by atoms with Gasteiger partial charge in [-0.25, -0.2) is 4.79 Å². The average molecular weight is 319 g/mol. The minimum absolute atomic E-state index is 0.368. The summed E-state index contributed by atoms with van der Waals surface area (Å²) in [4.78, 5) is 20.6. The molecule has 0 aliphatic rings. The maximum atomic E-state index is 11.1. The molecule has 5 heteroatoms. The number of esters is 1. The highest BCUT2D eigenvalue weighted by Gasteiger charge is 2.32. The topological polar surface area (TPSA) is 63.6 Å². The number of carbonyl (C=O) groups is 2. The van der Waals surface area contributed by atoms with E-state index in [1.807, 2.05) is 12.1 Å². The lowest BCUT2D eigenvalue weighted by Crippen LogP contribution is -2.25. The predicted octanol–water partition coefficient (Wildman–Crippen LogP) is 3.82. The first-order valence-corrected chi connectivity index (χ1v) is 7.00. The van der Waals surface area contributed by atoms with Crippen LogP contribution in [0.1, 0.15) is 19.4 Å². The molecule has 0 heterocycles. The zero-order chi connectivity index (χ0) is 16.3. The third kappa shape index (κ3) is 3.46. The number of carboxylic acid groups (broad SMARTS) is 1. The Morgan fingerprint density at radius 3 is 1.86 bits per heavy atom. The van der Waals surface area contributed by atoms with Crippen molar-refractivity contribution in [2.45, 2.75) is 18.7 Å². The van der Waals surface area contributed by atoms with Crippen molar-refractivity contribution in [2.24, 2.45) is 0 Å². The standard InChI is InChI=1S/C17H15ClO4/c1-11(19)22-15-9-5-13(6-10-15)12-3-7-14(8-4-12)17(2,18)16(20)21/h3-10H,1-2H3,(H,20,21). The molecule has 1 atom stereocenters. The minimum atomic E-state index is -1.45. The summed E-state index contributed by atoms with van der Waals surface area (Å²) in [5.74, 6) is -0.980. The van der Waals surface area contributed by atoms with Crippen LogP contribution in [0, 0.1) is 0 Å². The molecule has 2 aromatic carbocycles. The normalized spacial score (nSPS) is 13.2. The lowest BCUT2D eigenvalue weighted by Gasteiger charge is -2.17. The van der Waals surface area contributed by atoms with Crippen LogP contribution >= 0.6 is 11.6 Å². The Kier molecular flexibility index (Phi) is 4.52. The monoisotopic (exact) mass is 318 g/mol. The number of halogens is 1. The van der Waals surface area contributed by atoms with E-state index in [9.17, 15) is 9.59 Å². The number of alkyl halides is 1. The Morgan fingerprint density at radius 2 is 1.45 bits per heavy atom. The van der Waals surface area contributed by atoms with Crippen LogP contribution in [0.5, 0.6) is 5.75 Å². The molecule has 0 bridgehead atoms. The van der Waals surface area contributed by atoms with Gasteiger partial charge in [-0.2, -0.15) is 0 Å². The first-order valence-electron chi connectivity index (χ1n) is 6.62. The fraction of sp³-hybridized carbons (Fsp3) is 0.176. The van der Waals surface area contributed by atoms with Gasteiger partial charge in [-0.1, -0.05) is 36.4 Å². The largest absolute Gasteiger partial charge is 0.480 e. The first kappa shape index (κ1) is 16.0. The van der Waals surface area contributed by atoms with Gasteiger partial charge in [-0.05, 0) is 35.7 Å². The molecule has 0 amide bonds. The van der Waals surface area contributed by atoms with E-state index in [2.05, 4.69) is 0 Å². The van der Waals surface area contributed by atoms with Crippen molar-refractivity contribution in [3.05, 3.63) is 54.1 Å². The summed E-state index contributed by atoms with van der Waals surface area (Å²) in [6.45, 7) is 2.79. The SMILES string of the molecule is CC(=O)Oc1ccc(-c2ccc(C(C)(Cl)C(=O)O)cc2)cc1. The van der Waals surface area contributed by atoms with Gasteiger partial charge in [0.25, 0.3) is 0 Å². The van der Waals surface area contributed by atoms with E-state index < -0.39 is 10.8 Å². The summed E-state index contributed by atoms with van der Waals surface area (Å²) in [6.07, 6.45) is 0. The van der Waals surface area contributed by atoms with E-state index in [1.165, 1.54) is 13.8 Å². The Bertz CT molecular complexity index is 688. The molecule has 0 fully saturated rings. The lowest BCUT2D eigenvalue weighted by molar-refractivity contribution is -0.140. The second kappa shape index (κ2) is 6.20. The fourth-order valence-corrected chi connectivity index (χ4v) is 2.11. The van der Waals surface area contributed by atoms with Crippen molar-refractivity contribution >= 4 is 23.5 Å². The molecule has 22 heavy (non-hydrogen) atoms. The predicted molar refractivity (Wildman–Crippen MR) is 84.0 cm³/mol. The quantitative estimate of drug-likeness (QED) is 0.529. The molecule has 0 saturated heterocycles. The molecule has 0 radical (unpaired) electrons. The van der Waals surface area contributed by atoms with E-state index in [4.69, 9.17) is 21.4 Å². The van der Waals surface area contributed by atoms with Crippen molar-refractivity contribution < 1.29 is 19.4 Å². The van der Waals surface area contributed by atoms with Gasteiger partial charge < -0.3 is 9.84 Å². The number of carbonyl (C=O) groups excluding carboxylic acids is 1. The number of hydrogen-bond donors (Lipinski definition) is 1. The summed E-state index contributed by atoms with van der Waals surface area (Å²) in [5, 5.41) is 9.11. The van der Waals surface area contributed by atoms with Crippen molar-refractivity contribution in [3.8, 4) is 16.9 Å². The van der Waals surface area contributed by atoms with Crippen LogP contribution in [0.2, 0.25) is 0 Å². The van der Waals surface area contributed by atoms with Gasteiger partial charge in [-0.15, -0.1) is 11.6 Å². The van der Waals surface area contributed by atoms with Crippen molar-refractivity contribution in [1.29, 1.82) is 0 Å². The zero-order valence-corrected chi connectivity index (χ0v) is 12.9. The molecule has 1 N–H and O–H groups in total. The average Bonchev–Trinajstić information content (AvgIpc) is 2.47. The summed E-state index contributed by atoms with van der Waals surface area (Å²) < 4.78 is 4.97. The number of benzene rings is 2. The number of carboxylic acids is 1. The highest BCUT2D eigenvalue weighted by atomic mass is 35.5. The number of rotatable bonds is 4. The van der Waals surface area contributed by atoms with Crippen LogP contribution in [0.25, 0.3) is 11.1 Å². The Morgan fingerprint density at radius 1 is 1.00 bits per heavy atom. The Labute approximate surface area is 133 Å². The van der Waals surface area contributed by atoms with Crippen molar-refractivity contribution in [2.75, 3.05) is 0 Å². The molecular weight excluding hydrogens is 304 g/mol. The van der Waals surface area contributed by atoms with Gasteiger partial charge in [0.05, 0.1) is 0 Å². The molecule has 0 aromatic heterocycles. The second-order valence-corrected chi connectivity index (χ2v) is 5.76. The van der Waals surface area contributed by atoms with Gasteiger partial charge in [0.15, 0.2) is 4.87 Å². The van der Waals surface area contributed by atoms with E-state index in [-0.39, 0.29) is 5.97 Å². The van der Waals surface area contributed by atoms with E-state index in [0.29, 0.717) is 11.3 Å². The molecular formula is C17H15ClO4. The van der Waals surface area contributed by atoms with Gasteiger partial charge in [0.2, 0.25) is 0 Å². The van der Waals surface area contributed by atoms with Crippen LogP contribution in [-0.4, -0.2) is 17.0 Å². The van der Waals surface area contributed by atoms with Crippen molar-refractivity contribution in [1.82, 2.24) is 0 Å². The highest BCUT2D eigenvalue weighted by Crippen LogP contribution is 2.31. The first-order chi connectivity index (χ1) is 10.3. The van der Waals surface area contributed by atoms with Crippen LogP contribution in [-0.2, 0) is 14.5 Å². The van der Waals surface area contributed by atoms with Gasteiger partial charge in [-0.3, -0.25) is 4.79 Å². The number of hydrogen-bond acceptors (Lipinski definition) is 3. The van der Waals surface area contributed by atoms with Crippen LogP contribution in [0.4, 0.5) is 0 Å². The molecule has 4 nitrogen and oxygen atoms in total. The van der Waals surface area contributed by atoms with Gasteiger partial charge in [0, 0.05) is 6.92 Å². The molecule has 1 unspecified atom stereocenters. The molecule has 0 saturated carbocycles. The second-order valence-electron chi connectivity index (χ2n) is 5.00. The summed E-state index contributed by atoms with van der Waals surface area (Å²) in [5.41, 5.74) is 2.35. The Hall–Kier alpha value is -2.33. The van der Waals surface area contributed by atoms with Crippen LogP contribution in [0.3, 0.4) is 0 Å². The molecule has 2 aromatic rings. The molecule has 0 spiro atoms. The maximum absolute atomic E-state index is 11.1. The third-order valence-electron chi connectivity index (χ3n) is 3.28. The summed E-state index contributed by atoms with van der Waals surface area (Å²) in [6, 6.07) is 14.0. The van der Waals surface area contributed by atoms with Gasteiger partial charge in [0.1, 0.15) is 5.75 Å².